The number of nitrogens with zero attached hydrogens (tertiary/aromatic N) is 2. The molecule has 0 spiro atoms. The SMILES string of the molecule is CNc1nc(COc2ccccc2F)nc2sccc12. The Labute approximate surface area is 119 Å². The Morgan fingerprint density at radius 1 is 1.25 bits per heavy atom. The molecule has 0 saturated heterocycles. The van der Waals surface area contributed by atoms with Gasteiger partial charge in [-0.2, -0.15) is 0 Å². The predicted molar refractivity (Wildman–Crippen MR) is 77.7 cm³/mol. The summed E-state index contributed by atoms with van der Waals surface area (Å²) in [7, 11) is 1.81. The summed E-state index contributed by atoms with van der Waals surface area (Å²) in [6.07, 6.45) is 0. The first-order valence-corrected chi connectivity index (χ1v) is 6.95. The van der Waals surface area contributed by atoms with E-state index in [2.05, 4.69) is 15.3 Å². The van der Waals surface area contributed by atoms with Crippen LogP contribution in [0.4, 0.5) is 10.2 Å². The summed E-state index contributed by atoms with van der Waals surface area (Å²) in [5.74, 6) is 1.09. The summed E-state index contributed by atoms with van der Waals surface area (Å²) in [6, 6.07) is 8.25. The molecule has 0 bridgehead atoms. The van der Waals surface area contributed by atoms with E-state index in [-0.39, 0.29) is 12.4 Å². The molecule has 0 amide bonds. The second kappa shape index (κ2) is 5.42. The summed E-state index contributed by atoms with van der Waals surface area (Å²) in [5.41, 5.74) is 0. The molecule has 2 heterocycles. The molecule has 2 aromatic heterocycles. The third-order valence-corrected chi connectivity index (χ3v) is 3.61. The molecule has 0 radical (unpaired) electrons. The highest BCUT2D eigenvalue weighted by molar-refractivity contribution is 7.16. The average Bonchev–Trinajstić information content (AvgIpc) is 2.94. The normalized spacial score (nSPS) is 10.7. The lowest BCUT2D eigenvalue weighted by Crippen LogP contribution is -2.05. The number of aromatic nitrogens is 2. The second-order valence-electron chi connectivity index (χ2n) is 4.10. The largest absolute Gasteiger partial charge is 0.483 e. The van der Waals surface area contributed by atoms with E-state index in [0.717, 1.165) is 16.0 Å². The minimum Gasteiger partial charge on any atom is -0.483 e. The van der Waals surface area contributed by atoms with Crippen molar-refractivity contribution in [2.24, 2.45) is 0 Å². The lowest BCUT2D eigenvalue weighted by Gasteiger charge is -2.08. The zero-order valence-corrected chi connectivity index (χ0v) is 11.6. The van der Waals surface area contributed by atoms with Gasteiger partial charge in [0.15, 0.2) is 17.4 Å². The van der Waals surface area contributed by atoms with E-state index in [9.17, 15) is 4.39 Å². The van der Waals surface area contributed by atoms with Crippen molar-refractivity contribution in [1.82, 2.24) is 9.97 Å². The third kappa shape index (κ3) is 2.42. The van der Waals surface area contributed by atoms with Crippen molar-refractivity contribution in [3.63, 3.8) is 0 Å². The van der Waals surface area contributed by atoms with Crippen LogP contribution in [0.1, 0.15) is 5.82 Å². The summed E-state index contributed by atoms with van der Waals surface area (Å²) in [5, 5.41) is 5.97. The standard InChI is InChI=1S/C14H12FN3OS/c1-16-13-9-6-7-20-14(9)18-12(17-13)8-19-11-5-3-2-4-10(11)15/h2-7H,8H2,1H3,(H,16,17,18). The molecule has 4 nitrogen and oxygen atoms in total. The Kier molecular flexibility index (Phi) is 3.47. The van der Waals surface area contributed by atoms with Gasteiger partial charge in [-0.3, -0.25) is 0 Å². The van der Waals surface area contributed by atoms with E-state index in [1.54, 1.807) is 25.2 Å². The first-order valence-electron chi connectivity index (χ1n) is 6.07. The first-order chi connectivity index (χ1) is 9.78. The smallest absolute Gasteiger partial charge is 0.169 e. The van der Waals surface area contributed by atoms with Crippen molar-refractivity contribution in [2.75, 3.05) is 12.4 Å². The van der Waals surface area contributed by atoms with E-state index >= 15 is 0 Å². The number of ether oxygens (including phenoxy) is 1. The fourth-order valence-corrected chi connectivity index (χ4v) is 2.64. The molecule has 3 aromatic rings. The first kappa shape index (κ1) is 12.8. The molecule has 0 fully saturated rings. The number of benzene rings is 1. The van der Waals surface area contributed by atoms with E-state index in [1.807, 2.05) is 11.4 Å². The molecule has 102 valence electrons. The van der Waals surface area contributed by atoms with E-state index in [4.69, 9.17) is 4.74 Å². The number of rotatable bonds is 4. The zero-order valence-electron chi connectivity index (χ0n) is 10.8. The van der Waals surface area contributed by atoms with Gasteiger partial charge in [0.25, 0.3) is 0 Å². The third-order valence-electron chi connectivity index (χ3n) is 2.80. The van der Waals surface area contributed by atoms with Gasteiger partial charge in [0.05, 0.1) is 5.39 Å². The lowest BCUT2D eigenvalue weighted by molar-refractivity contribution is 0.281. The van der Waals surface area contributed by atoms with Gasteiger partial charge in [0, 0.05) is 7.05 Å². The van der Waals surface area contributed by atoms with Gasteiger partial charge in [-0.1, -0.05) is 12.1 Å². The molecule has 0 aliphatic heterocycles. The minimum absolute atomic E-state index is 0.128. The number of anilines is 1. The molecule has 20 heavy (non-hydrogen) atoms. The highest BCUT2D eigenvalue weighted by atomic mass is 32.1. The number of thiophene rings is 1. The van der Waals surface area contributed by atoms with Crippen LogP contribution >= 0.6 is 11.3 Å². The fraction of sp³-hybridized carbons (Fsp3) is 0.143. The summed E-state index contributed by atoms with van der Waals surface area (Å²) >= 11 is 1.54. The summed E-state index contributed by atoms with van der Waals surface area (Å²) < 4.78 is 18.9. The van der Waals surface area contributed by atoms with Crippen molar-refractivity contribution in [3.8, 4) is 5.75 Å². The molecule has 6 heteroatoms. The van der Waals surface area contributed by atoms with Crippen molar-refractivity contribution in [2.45, 2.75) is 6.61 Å². The van der Waals surface area contributed by atoms with Gasteiger partial charge < -0.3 is 10.1 Å². The Balaban J connectivity index is 1.86. The molecule has 0 saturated carbocycles. The maximum atomic E-state index is 13.5. The molecular weight excluding hydrogens is 277 g/mol. The lowest BCUT2D eigenvalue weighted by atomic mass is 10.3. The zero-order chi connectivity index (χ0) is 13.9. The average molecular weight is 289 g/mol. The molecular formula is C14H12FN3OS. The van der Waals surface area contributed by atoms with Crippen LogP contribution in [0.2, 0.25) is 0 Å². The topological polar surface area (TPSA) is 47.0 Å². The van der Waals surface area contributed by atoms with Crippen molar-refractivity contribution in [3.05, 3.63) is 47.4 Å². The number of halogens is 1. The maximum Gasteiger partial charge on any atom is 0.169 e. The number of hydrogen-bond donors (Lipinski definition) is 1. The minimum atomic E-state index is -0.390. The van der Waals surface area contributed by atoms with Crippen LogP contribution in [0.5, 0.6) is 5.75 Å². The van der Waals surface area contributed by atoms with Crippen LogP contribution in [0.3, 0.4) is 0 Å². The Bertz CT molecular complexity index is 744. The molecule has 1 aromatic carbocycles. The highest BCUT2D eigenvalue weighted by Crippen LogP contribution is 2.25. The van der Waals surface area contributed by atoms with Gasteiger partial charge in [0.2, 0.25) is 0 Å². The van der Waals surface area contributed by atoms with Gasteiger partial charge in [-0.25, -0.2) is 14.4 Å². The van der Waals surface area contributed by atoms with Crippen LogP contribution in [-0.4, -0.2) is 17.0 Å². The van der Waals surface area contributed by atoms with Crippen molar-refractivity contribution < 1.29 is 9.13 Å². The molecule has 0 unspecified atom stereocenters. The molecule has 0 aliphatic carbocycles. The molecule has 0 aliphatic rings. The summed E-state index contributed by atoms with van der Waals surface area (Å²) in [4.78, 5) is 9.67. The van der Waals surface area contributed by atoms with Gasteiger partial charge in [0.1, 0.15) is 17.3 Å². The van der Waals surface area contributed by atoms with E-state index in [0.29, 0.717) is 5.82 Å². The Morgan fingerprint density at radius 3 is 2.90 bits per heavy atom. The fourth-order valence-electron chi connectivity index (χ4n) is 1.86. The Hall–Kier alpha value is -2.21. The van der Waals surface area contributed by atoms with Gasteiger partial charge >= 0.3 is 0 Å². The van der Waals surface area contributed by atoms with Crippen LogP contribution < -0.4 is 10.1 Å². The van der Waals surface area contributed by atoms with E-state index in [1.165, 1.54) is 17.4 Å². The number of nitrogens with one attached hydrogen (secondary N) is 1. The molecule has 1 N–H and O–H groups in total. The number of para-hydroxylation sites is 1. The van der Waals surface area contributed by atoms with Crippen LogP contribution in [0, 0.1) is 5.82 Å². The highest BCUT2D eigenvalue weighted by Gasteiger charge is 2.09. The molecule has 0 atom stereocenters. The van der Waals surface area contributed by atoms with Crippen molar-refractivity contribution >= 4 is 27.4 Å². The van der Waals surface area contributed by atoms with Crippen LogP contribution in [-0.2, 0) is 6.61 Å². The van der Waals surface area contributed by atoms with Crippen molar-refractivity contribution in [1.29, 1.82) is 0 Å². The van der Waals surface area contributed by atoms with E-state index < -0.39 is 5.82 Å². The number of hydrogen-bond acceptors (Lipinski definition) is 5. The Morgan fingerprint density at radius 2 is 2.10 bits per heavy atom. The predicted octanol–water partition coefficient (Wildman–Crippen LogP) is 3.45. The number of fused-ring (bicyclic) bond motifs is 1. The summed E-state index contributed by atoms with van der Waals surface area (Å²) in [6.45, 7) is 0.128. The van der Waals surface area contributed by atoms with Crippen LogP contribution in [0.25, 0.3) is 10.2 Å². The van der Waals surface area contributed by atoms with Gasteiger partial charge in [-0.15, -0.1) is 11.3 Å². The van der Waals surface area contributed by atoms with Crippen LogP contribution in [0.15, 0.2) is 35.7 Å². The molecule has 3 rings (SSSR count). The quantitative estimate of drug-likeness (QED) is 0.799. The van der Waals surface area contributed by atoms with Gasteiger partial charge in [-0.05, 0) is 23.6 Å². The maximum absolute atomic E-state index is 13.5. The monoisotopic (exact) mass is 289 g/mol. The second-order valence-corrected chi connectivity index (χ2v) is 4.99.